The average molecular weight is 325 g/mol. The van der Waals surface area contributed by atoms with Gasteiger partial charge in [-0.25, -0.2) is 4.98 Å². The number of aromatic amines is 1. The van der Waals surface area contributed by atoms with Crippen LogP contribution >= 0.6 is 0 Å². The lowest BCUT2D eigenvalue weighted by atomic mass is 10.0. The monoisotopic (exact) mass is 325 g/mol. The van der Waals surface area contributed by atoms with E-state index >= 15 is 0 Å². The highest BCUT2D eigenvalue weighted by Crippen LogP contribution is 2.23. The highest BCUT2D eigenvalue weighted by molar-refractivity contribution is 5.47. The maximum atomic E-state index is 10.4. The van der Waals surface area contributed by atoms with Crippen LogP contribution in [0.1, 0.15) is 22.6 Å². The number of H-pyrrole nitrogens is 1. The summed E-state index contributed by atoms with van der Waals surface area (Å²) >= 11 is 0. The lowest BCUT2D eigenvalue weighted by Crippen LogP contribution is -2.21. The zero-order chi connectivity index (χ0) is 16.7. The molecule has 4 rings (SSSR count). The number of β-amino-alcohol motifs (C(OH)–C–C–N with tert-alkyl or cyclic N) is 1. The summed E-state index contributed by atoms with van der Waals surface area (Å²) in [4.78, 5) is 7.02. The second kappa shape index (κ2) is 6.03. The molecule has 0 saturated carbocycles. The van der Waals surface area contributed by atoms with E-state index in [2.05, 4.69) is 44.8 Å². The molecule has 126 valence electrons. The molecule has 0 unspecified atom stereocenters. The van der Waals surface area contributed by atoms with Gasteiger partial charge in [0.2, 0.25) is 0 Å². The van der Waals surface area contributed by atoms with E-state index in [1.807, 2.05) is 19.2 Å². The number of aliphatic hydroxyl groups is 1. The summed E-state index contributed by atoms with van der Waals surface area (Å²) in [7, 11) is 0. The molecule has 3 aromatic rings. The van der Waals surface area contributed by atoms with Crippen LogP contribution in [0.15, 0.2) is 30.6 Å². The number of nitrogens with zero attached hydrogens (tertiary/aromatic N) is 4. The zero-order valence-corrected chi connectivity index (χ0v) is 14.1. The lowest BCUT2D eigenvalue weighted by Gasteiger charge is -2.13. The Kier molecular flexibility index (Phi) is 3.86. The number of rotatable bonds is 4. The second-order valence-corrected chi connectivity index (χ2v) is 6.92. The second-order valence-electron chi connectivity index (χ2n) is 6.92. The van der Waals surface area contributed by atoms with Crippen molar-refractivity contribution in [2.24, 2.45) is 5.92 Å². The van der Waals surface area contributed by atoms with Crippen LogP contribution in [-0.4, -0.2) is 48.8 Å². The minimum Gasteiger partial charge on any atom is -0.391 e. The van der Waals surface area contributed by atoms with E-state index in [-0.39, 0.29) is 12.0 Å². The van der Waals surface area contributed by atoms with Crippen LogP contribution in [0.25, 0.3) is 5.65 Å². The van der Waals surface area contributed by atoms with Gasteiger partial charge in [-0.05, 0) is 38.0 Å². The first-order valence-corrected chi connectivity index (χ1v) is 8.43. The third-order valence-corrected chi connectivity index (χ3v) is 4.83. The third kappa shape index (κ3) is 2.95. The first-order valence-electron chi connectivity index (χ1n) is 8.43. The summed E-state index contributed by atoms with van der Waals surface area (Å²) in [6.07, 6.45) is 4.62. The molecule has 0 bridgehead atoms. The molecule has 0 radical (unpaired) electrons. The van der Waals surface area contributed by atoms with Crippen molar-refractivity contribution in [3.63, 3.8) is 0 Å². The smallest absolute Gasteiger partial charge is 0.139 e. The number of imidazole rings is 1. The van der Waals surface area contributed by atoms with Crippen LogP contribution < -0.4 is 0 Å². The molecule has 1 saturated heterocycles. The minimum atomic E-state index is -0.305. The summed E-state index contributed by atoms with van der Waals surface area (Å²) < 4.78 is 2.07. The van der Waals surface area contributed by atoms with E-state index in [1.54, 1.807) is 0 Å². The van der Waals surface area contributed by atoms with Gasteiger partial charge in [-0.1, -0.05) is 6.07 Å². The summed E-state index contributed by atoms with van der Waals surface area (Å²) in [5.41, 5.74) is 5.33. The molecule has 1 fully saturated rings. The van der Waals surface area contributed by atoms with Gasteiger partial charge in [0.05, 0.1) is 17.5 Å². The highest BCUT2D eigenvalue weighted by atomic mass is 16.3. The first kappa shape index (κ1) is 15.4. The van der Waals surface area contributed by atoms with Crippen LogP contribution in [0, 0.1) is 19.8 Å². The molecule has 2 N–H and O–H groups in total. The highest BCUT2D eigenvalue weighted by Gasteiger charge is 2.32. The molecule has 2 atom stereocenters. The Labute approximate surface area is 141 Å². The number of fused-ring (bicyclic) bond motifs is 1. The van der Waals surface area contributed by atoms with Crippen molar-refractivity contribution >= 4 is 5.65 Å². The number of hydrogen-bond acceptors (Lipinski definition) is 4. The van der Waals surface area contributed by atoms with Crippen molar-refractivity contribution < 1.29 is 5.11 Å². The molecule has 6 nitrogen and oxygen atoms in total. The van der Waals surface area contributed by atoms with Crippen LogP contribution in [0.3, 0.4) is 0 Å². The average Bonchev–Trinajstić information content (AvgIpc) is 3.21. The van der Waals surface area contributed by atoms with Crippen molar-refractivity contribution in [2.45, 2.75) is 32.9 Å². The fourth-order valence-electron chi connectivity index (χ4n) is 3.63. The van der Waals surface area contributed by atoms with Crippen molar-refractivity contribution in [3.8, 4) is 0 Å². The molecular weight excluding hydrogens is 302 g/mol. The van der Waals surface area contributed by atoms with Crippen molar-refractivity contribution in [1.82, 2.24) is 24.5 Å². The number of hydrogen-bond donors (Lipinski definition) is 2. The molecule has 3 aromatic heterocycles. The topological polar surface area (TPSA) is 69.4 Å². The quantitative estimate of drug-likeness (QED) is 0.766. The van der Waals surface area contributed by atoms with E-state index < -0.39 is 0 Å². The molecule has 24 heavy (non-hydrogen) atoms. The SMILES string of the molecule is Cc1cc(C[C@@H]2CN(Cc3cn4cccc(C)c4n3)C[C@H]2O)n[nH]1. The van der Waals surface area contributed by atoms with Gasteiger partial charge in [-0.15, -0.1) is 0 Å². The Hall–Kier alpha value is -2.18. The van der Waals surface area contributed by atoms with Crippen LogP contribution in [0.2, 0.25) is 0 Å². The molecule has 4 heterocycles. The largest absolute Gasteiger partial charge is 0.391 e. The standard InChI is InChI=1S/C18H23N5O/c1-12-4-3-5-23-10-16(19-18(12)23)9-22-8-14(17(24)11-22)7-15-6-13(2)20-21-15/h3-6,10,14,17,24H,7-9,11H2,1-2H3,(H,20,21)/t14-,17-/m1/s1. The van der Waals surface area contributed by atoms with E-state index in [0.717, 1.165) is 42.2 Å². The van der Waals surface area contributed by atoms with Gasteiger partial charge in [0.15, 0.2) is 0 Å². The number of aryl methyl sites for hydroxylation is 2. The Morgan fingerprint density at radius 2 is 2.17 bits per heavy atom. The van der Waals surface area contributed by atoms with E-state index in [4.69, 9.17) is 4.98 Å². The van der Waals surface area contributed by atoms with Gasteiger partial charge in [-0.2, -0.15) is 5.10 Å². The Balaban J connectivity index is 1.44. The Morgan fingerprint density at radius 1 is 1.29 bits per heavy atom. The van der Waals surface area contributed by atoms with E-state index in [9.17, 15) is 5.11 Å². The van der Waals surface area contributed by atoms with E-state index in [0.29, 0.717) is 6.54 Å². The molecule has 0 aromatic carbocycles. The number of aromatic nitrogens is 4. The van der Waals surface area contributed by atoms with Crippen molar-refractivity contribution in [3.05, 3.63) is 53.2 Å². The van der Waals surface area contributed by atoms with Gasteiger partial charge in [0.1, 0.15) is 5.65 Å². The van der Waals surface area contributed by atoms with Crippen LogP contribution in [0.4, 0.5) is 0 Å². The number of aliphatic hydroxyl groups excluding tert-OH is 1. The summed E-state index contributed by atoms with van der Waals surface area (Å²) in [5, 5.41) is 17.6. The summed E-state index contributed by atoms with van der Waals surface area (Å²) in [5.74, 6) is 0.228. The normalized spacial score (nSPS) is 21.8. The third-order valence-electron chi connectivity index (χ3n) is 4.83. The fourth-order valence-corrected chi connectivity index (χ4v) is 3.63. The number of pyridine rings is 1. The molecule has 0 spiro atoms. The molecule has 0 amide bonds. The predicted octanol–water partition coefficient (Wildman–Crippen LogP) is 1.71. The van der Waals surface area contributed by atoms with Crippen molar-refractivity contribution in [2.75, 3.05) is 13.1 Å². The summed E-state index contributed by atoms with van der Waals surface area (Å²) in [6, 6.07) is 6.17. The first-order chi connectivity index (χ1) is 11.6. The number of likely N-dealkylation sites (tertiary alicyclic amines) is 1. The van der Waals surface area contributed by atoms with Crippen LogP contribution in [-0.2, 0) is 13.0 Å². The van der Waals surface area contributed by atoms with Gasteiger partial charge in [-0.3, -0.25) is 10.00 Å². The zero-order valence-electron chi connectivity index (χ0n) is 14.1. The van der Waals surface area contributed by atoms with Gasteiger partial charge in [0.25, 0.3) is 0 Å². The number of nitrogens with one attached hydrogen (secondary N) is 1. The Morgan fingerprint density at radius 3 is 2.92 bits per heavy atom. The molecular formula is C18H23N5O. The molecule has 1 aliphatic rings. The minimum absolute atomic E-state index is 0.228. The maximum absolute atomic E-state index is 10.4. The molecule has 1 aliphatic heterocycles. The van der Waals surface area contributed by atoms with Crippen molar-refractivity contribution in [1.29, 1.82) is 0 Å². The van der Waals surface area contributed by atoms with Gasteiger partial charge < -0.3 is 9.51 Å². The van der Waals surface area contributed by atoms with Gasteiger partial charge >= 0.3 is 0 Å². The summed E-state index contributed by atoms with van der Waals surface area (Å²) in [6.45, 7) is 6.42. The Bertz CT molecular complexity index is 852. The maximum Gasteiger partial charge on any atom is 0.139 e. The molecule has 0 aliphatic carbocycles. The predicted molar refractivity (Wildman–Crippen MR) is 91.7 cm³/mol. The lowest BCUT2D eigenvalue weighted by molar-refractivity contribution is 0.140. The molecule has 6 heteroatoms. The fraction of sp³-hybridized carbons (Fsp3) is 0.444. The van der Waals surface area contributed by atoms with Crippen LogP contribution in [0.5, 0.6) is 0 Å². The van der Waals surface area contributed by atoms with Gasteiger partial charge in [0, 0.05) is 43.6 Å². The van der Waals surface area contributed by atoms with E-state index in [1.165, 1.54) is 5.56 Å².